The first-order valence-electron chi connectivity index (χ1n) is 11.4. The molecule has 182 valence electrons. The Kier molecular flexibility index (Phi) is 7.57. The van der Waals surface area contributed by atoms with E-state index in [2.05, 4.69) is 11.8 Å². The van der Waals surface area contributed by atoms with E-state index in [1.54, 1.807) is 55.5 Å². The third kappa shape index (κ3) is 6.24. The van der Waals surface area contributed by atoms with Crippen molar-refractivity contribution < 1.29 is 23.8 Å². The van der Waals surface area contributed by atoms with E-state index in [0.717, 1.165) is 16.7 Å². The van der Waals surface area contributed by atoms with Crippen molar-refractivity contribution in [1.29, 1.82) is 0 Å². The van der Waals surface area contributed by atoms with Crippen molar-refractivity contribution in [3.05, 3.63) is 89.0 Å². The molecular formula is C29H26N2O5. The second-order valence-electron chi connectivity index (χ2n) is 8.13. The zero-order valence-electron chi connectivity index (χ0n) is 19.9. The van der Waals surface area contributed by atoms with Gasteiger partial charge < -0.3 is 25.7 Å². The number of hydrogen-bond donors (Lipinski definition) is 2. The van der Waals surface area contributed by atoms with Gasteiger partial charge in [-0.25, -0.2) is 9.59 Å². The van der Waals surface area contributed by atoms with Crippen molar-refractivity contribution in [3.63, 3.8) is 0 Å². The average Bonchev–Trinajstić information content (AvgIpc) is 3.67. The van der Waals surface area contributed by atoms with Gasteiger partial charge in [0, 0.05) is 29.8 Å². The SMILES string of the molecule is CC#CCOc1ccc(C(=O)Oc2ccc(C3=C(C(=O)OCCc4ccc(N)cc4N)C3)cc2)cc1. The fourth-order valence-corrected chi connectivity index (χ4v) is 3.56. The quantitative estimate of drug-likeness (QED) is 0.201. The highest BCUT2D eigenvalue weighted by Crippen LogP contribution is 2.41. The van der Waals surface area contributed by atoms with E-state index in [-0.39, 0.29) is 12.6 Å². The van der Waals surface area contributed by atoms with Crippen LogP contribution in [0.4, 0.5) is 11.4 Å². The Hall–Kier alpha value is -4.70. The number of allylic oxidation sites excluding steroid dienone is 1. The number of rotatable bonds is 9. The first kappa shape index (κ1) is 24.4. The van der Waals surface area contributed by atoms with Crippen molar-refractivity contribution in [3.8, 4) is 23.3 Å². The van der Waals surface area contributed by atoms with Crippen molar-refractivity contribution in [1.82, 2.24) is 0 Å². The molecule has 3 aromatic carbocycles. The third-order valence-electron chi connectivity index (χ3n) is 5.60. The molecule has 1 aliphatic carbocycles. The molecule has 0 radical (unpaired) electrons. The lowest BCUT2D eigenvalue weighted by molar-refractivity contribution is -0.138. The van der Waals surface area contributed by atoms with Crippen LogP contribution in [0.5, 0.6) is 11.5 Å². The summed E-state index contributed by atoms with van der Waals surface area (Å²) in [4.78, 5) is 24.8. The molecule has 1 aliphatic rings. The summed E-state index contributed by atoms with van der Waals surface area (Å²) in [6.45, 7) is 2.27. The molecule has 36 heavy (non-hydrogen) atoms. The molecule has 7 nitrogen and oxygen atoms in total. The number of esters is 2. The van der Waals surface area contributed by atoms with E-state index in [1.807, 2.05) is 18.2 Å². The Bertz CT molecular complexity index is 1360. The normalized spacial score (nSPS) is 11.8. The number of nitrogen functional groups attached to an aromatic ring is 2. The van der Waals surface area contributed by atoms with Crippen molar-refractivity contribution in [2.45, 2.75) is 19.8 Å². The largest absolute Gasteiger partial charge is 0.481 e. The zero-order chi connectivity index (χ0) is 25.5. The molecule has 0 spiro atoms. The average molecular weight is 483 g/mol. The van der Waals surface area contributed by atoms with Crippen LogP contribution >= 0.6 is 0 Å². The fourth-order valence-electron chi connectivity index (χ4n) is 3.56. The summed E-state index contributed by atoms with van der Waals surface area (Å²) in [5.74, 6) is 5.80. The minimum absolute atomic E-state index is 0.235. The van der Waals surface area contributed by atoms with E-state index in [0.29, 0.717) is 53.5 Å². The summed E-state index contributed by atoms with van der Waals surface area (Å²) in [6.07, 6.45) is 1.09. The van der Waals surface area contributed by atoms with Crippen LogP contribution in [0, 0.1) is 11.8 Å². The first-order valence-corrected chi connectivity index (χ1v) is 11.4. The van der Waals surface area contributed by atoms with Gasteiger partial charge in [0.25, 0.3) is 0 Å². The zero-order valence-corrected chi connectivity index (χ0v) is 19.9. The monoisotopic (exact) mass is 482 g/mol. The predicted molar refractivity (Wildman–Crippen MR) is 138 cm³/mol. The Labute approximate surface area is 209 Å². The number of benzene rings is 3. The molecule has 4 rings (SSSR count). The molecule has 0 aromatic heterocycles. The molecule has 0 unspecified atom stereocenters. The lowest BCUT2D eigenvalue weighted by Gasteiger charge is -2.07. The summed E-state index contributed by atoms with van der Waals surface area (Å²) in [6, 6.07) is 19.0. The fraction of sp³-hybridized carbons (Fsp3) is 0.172. The molecule has 0 amide bonds. The second kappa shape index (κ2) is 11.2. The lowest BCUT2D eigenvalue weighted by atomic mass is 10.1. The Morgan fingerprint density at radius 2 is 1.64 bits per heavy atom. The van der Waals surface area contributed by atoms with Gasteiger partial charge in [0.1, 0.15) is 18.1 Å². The second-order valence-corrected chi connectivity index (χ2v) is 8.13. The molecule has 0 heterocycles. The van der Waals surface area contributed by atoms with Gasteiger partial charge in [0.15, 0.2) is 0 Å². The van der Waals surface area contributed by atoms with Gasteiger partial charge in [-0.2, -0.15) is 0 Å². The van der Waals surface area contributed by atoms with E-state index in [4.69, 9.17) is 25.7 Å². The Balaban J connectivity index is 1.28. The van der Waals surface area contributed by atoms with Gasteiger partial charge >= 0.3 is 11.9 Å². The summed E-state index contributed by atoms with van der Waals surface area (Å²) in [5, 5.41) is 0. The van der Waals surface area contributed by atoms with Crippen LogP contribution < -0.4 is 20.9 Å². The molecule has 0 atom stereocenters. The highest BCUT2D eigenvalue weighted by molar-refractivity contribution is 6.08. The molecule has 4 N–H and O–H groups in total. The van der Waals surface area contributed by atoms with Crippen molar-refractivity contribution in [2.75, 3.05) is 24.7 Å². The van der Waals surface area contributed by atoms with Crippen LogP contribution in [0.25, 0.3) is 5.57 Å². The maximum Gasteiger partial charge on any atom is 0.343 e. The van der Waals surface area contributed by atoms with Crippen LogP contribution in [0.1, 0.15) is 34.8 Å². The van der Waals surface area contributed by atoms with E-state index < -0.39 is 5.97 Å². The Morgan fingerprint density at radius 3 is 2.33 bits per heavy atom. The van der Waals surface area contributed by atoms with Gasteiger partial charge in [-0.1, -0.05) is 24.1 Å². The maximum atomic E-state index is 12.4. The standard InChI is InChI=1S/C29H26N2O5/c1-2-3-15-34-23-10-7-21(8-11-23)28(32)36-24-12-5-19(6-13-24)25-18-26(25)29(33)35-16-14-20-4-9-22(30)17-27(20)31/h4-13,17H,14-16,18,30-31H2,1H3. The van der Waals surface area contributed by atoms with E-state index in [9.17, 15) is 9.59 Å². The number of anilines is 2. The third-order valence-corrected chi connectivity index (χ3v) is 5.60. The molecular weight excluding hydrogens is 456 g/mol. The highest BCUT2D eigenvalue weighted by atomic mass is 16.5. The Morgan fingerprint density at radius 1 is 0.917 bits per heavy atom. The number of hydrogen-bond acceptors (Lipinski definition) is 7. The maximum absolute atomic E-state index is 12.4. The van der Waals surface area contributed by atoms with Gasteiger partial charge in [-0.05, 0) is 72.2 Å². The van der Waals surface area contributed by atoms with Crippen LogP contribution in [0.3, 0.4) is 0 Å². The molecule has 7 heteroatoms. The minimum Gasteiger partial charge on any atom is -0.481 e. The van der Waals surface area contributed by atoms with Crippen LogP contribution in [-0.4, -0.2) is 25.2 Å². The molecule has 0 fully saturated rings. The van der Waals surface area contributed by atoms with Crippen LogP contribution in [-0.2, 0) is 16.0 Å². The number of carbonyl (C=O) groups is 2. The van der Waals surface area contributed by atoms with Crippen LogP contribution in [0.2, 0.25) is 0 Å². The summed E-state index contributed by atoms with van der Waals surface area (Å²) < 4.78 is 16.3. The highest BCUT2D eigenvalue weighted by Gasteiger charge is 2.30. The van der Waals surface area contributed by atoms with Crippen molar-refractivity contribution in [2.24, 2.45) is 0 Å². The number of ether oxygens (including phenoxy) is 3. The molecule has 0 aliphatic heterocycles. The smallest absolute Gasteiger partial charge is 0.343 e. The summed E-state index contributed by atoms with van der Waals surface area (Å²) in [5.41, 5.74) is 16.6. The van der Waals surface area contributed by atoms with Crippen molar-refractivity contribution >= 4 is 28.9 Å². The van der Waals surface area contributed by atoms with Gasteiger partial charge in [-0.3, -0.25) is 0 Å². The van der Waals surface area contributed by atoms with E-state index in [1.165, 1.54) is 0 Å². The number of nitrogens with two attached hydrogens (primary N) is 2. The van der Waals surface area contributed by atoms with E-state index >= 15 is 0 Å². The number of carbonyl (C=O) groups excluding carboxylic acids is 2. The van der Waals surface area contributed by atoms with Gasteiger partial charge in [0.2, 0.25) is 0 Å². The molecule has 0 saturated carbocycles. The summed E-state index contributed by atoms with van der Waals surface area (Å²) in [7, 11) is 0. The topological polar surface area (TPSA) is 114 Å². The predicted octanol–water partition coefficient (Wildman–Crippen LogP) is 4.42. The molecule has 3 aromatic rings. The lowest BCUT2D eigenvalue weighted by Crippen LogP contribution is -2.08. The van der Waals surface area contributed by atoms with Gasteiger partial charge in [-0.15, -0.1) is 5.92 Å². The molecule has 0 saturated heterocycles. The first-order chi connectivity index (χ1) is 17.4. The minimum atomic E-state index is -0.473. The van der Waals surface area contributed by atoms with Gasteiger partial charge in [0.05, 0.1) is 12.2 Å². The van der Waals surface area contributed by atoms with Crippen LogP contribution in [0.15, 0.2) is 72.3 Å². The molecule has 0 bridgehead atoms. The summed E-state index contributed by atoms with van der Waals surface area (Å²) >= 11 is 0.